The largest absolute Gasteiger partial charge is 0.369 e. The van der Waals surface area contributed by atoms with Gasteiger partial charge in [0.2, 0.25) is 5.91 Å². The zero-order chi connectivity index (χ0) is 23.9. The van der Waals surface area contributed by atoms with Crippen LogP contribution in [0.3, 0.4) is 0 Å². The van der Waals surface area contributed by atoms with Crippen LogP contribution >= 0.6 is 11.6 Å². The van der Waals surface area contributed by atoms with Gasteiger partial charge in [0.1, 0.15) is 0 Å². The molecule has 7 heteroatoms. The number of hydrogen-bond donors (Lipinski definition) is 3. The van der Waals surface area contributed by atoms with E-state index >= 15 is 0 Å². The molecule has 2 aromatic rings. The molecule has 2 aliphatic rings. The first-order chi connectivity index (χ1) is 16.5. The van der Waals surface area contributed by atoms with Gasteiger partial charge in [0.05, 0.1) is 0 Å². The van der Waals surface area contributed by atoms with Crippen LogP contribution in [0.25, 0.3) is 0 Å². The molecule has 1 aliphatic carbocycles. The number of rotatable bonds is 7. The topological polar surface area (TPSA) is 87.5 Å². The smallest absolute Gasteiger partial charge is 0.319 e. The maximum Gasteiger partial charge on any atom is 0.319 e. The van der Waals surface area contributed by atoms with E-state index in [1.807, 2.05) is 30.3 Å². The van der Waals surface area contributed by atoms with Crippen molar-refractivity contribution in [2.45, 2.75) is 57.0 Å². The number of nitrogens with one attached hydrogen (secondary N) is 2. The summed E-state index contributed by atoms with van der Waals surface area (Å²) in [5.41, 5.74) is 7.69. The van der Waals surface area contributed by atoms with Crippen LogP contribution in [0.5, 0.6) is 0 Å². The number of nitrogens with zero attached hydrogens (tertiary/aromatic N) is 1. The lowest BCUT2D eigenvalue weighted by Gasteiger charge is -2.45. The van der Waals surface area contributed by atoms with E-state index in [-0.39, 0.29) is 29.8 Å². The van der Waals surface area contributed by atoms with E-state index in [9.17, 15) is 9.59 Å². The van der Waals surface area contributed by atoms with Gasteiger partial charge in [0, 0.05) is 35.3 Å². The number of halogens is 1. The molecule has 182 valence electrons. The highest BCUT2D eigenvalue weighted by atomic mass is 35.5. The van der Waals surface area contributed by atoms with Gasteiger partial charge in [-0.1, -0.05) is 61.2 Å². The SMILES string of the molecule is NC(=O)[C@@H](Cc1ccccc1)C1CCN(C2CCCCC2)CC1NC(=O)Nc1ccc(Cl)cc1. The highest BCUT2D eigenvalue weighted by Crippen LogP contribution is 2.32. The Morgan fingerprint density at radius 2 is 1.71 bits per heavy atom. The minimum Gasteiger partial charge on any atom is -0.369 e. The van der Waals surface area contributed by atoms with Gasteiger partial charge in [-0.05, 0) is 68.0 Å². The van der Waals surface area contributed by atoms with Crippen LogP contribution in [-0.2, 0) is 11.2 Å². The lowest BCUT2D eigenvalue weighted by Crippen LogP contribution is -2.58. The Bertz CT molecular complexity index is 947. The monoisotopic (exact) mass is 482 g/mol. The van der Waals surface area contributed by atoms with Crippen molar-refractivity contribution < 1.29 is 9.59 Å². The van der Waals surface area contributed by atoms with E-state index in [1.54, 1.807) is 24.3 Å². The Hall–Kier alpha value is -2.57. The number of carbonyl (C=O) groups excluding carboxylic acids is 2. The van der Waals surface area contributed by atoms with Crippen molar-refractivity contribution >= 4 is 29.2 Å². The molecule has 0 aromatic heterocycles. The zero-order valence-corrected chi connectivity index (χ0v) is 20.3. The molecule has 2 aromatic carbocycles. The summed E-state index contributed by atoms with van der Waals surface area (Å²) >= 11 is 5.97. The highest BCUT2D eigenvalue weighted by molar-refractivity contribution is 6.30. The molecule has 1 saturated carbocycles. The van der Waals surface area contributed by atoms with Crippen molar-refractivity contribution in [3.05, 3.63) is 65.2 Å². The first kappa shape index (κ1) is 24.6. The van der Waals surface area contributed by atoms with Gasteiger partial charge >= 0.3 is 6.03 Å². The first-order valence-corrected chi connectivity index (χ1v) is 12.8. The number of carbonyl (C=O) groups is 2. The Morgan fingerprint density at radius 1 is 1.00 bits per heavy atom. The van der Waals surface area contributed by atoms with Gasteiger partial charge in [-0.25, -0.2) is 4.79 Å². The van der Waals surface area contributed by atoms with Gasteiger partial charge in [-0.3, -0.25) is 9.69 Å². The van der Waals surface area contributed by atoms with Gasteiger partial charge in [0.15, 0.2) is 0 Å². The lowest BCUT2D eigenvalue weighted by molar-refractivity contribution is -0.124. The Kier molecular flexibility index (Phi) is 8.46. The van der Waals surface area contributed by atoms with Crippen LogP contribution in [0.15, 0.2) is 54.6 Å². The molecule has 2 fully saturated rings. The number of piperidine rings is 1. The second-order valence-corrected chi connectivity index (χ2v) is 10.1. The maximum absolute atomic E-state index is 13.0. The summed E-state index contributed by atoms with van der Waals surface area (Å²) < 4.78 is 0. The molecule has 0 bridgehead atoms. The number of primary amides is 1. The Balaban J connectivity index is 1.50. The third kappa shape index (κ3) is 6.51. The molecule has 1 aliphatic heterocycles. The number of likely N-dealkylation sites (tertiary alicyclic amines) is 1. The van der Waals surface area contributed by atoms with E-state index < -0.39 is 0 Å². The number of urea groups is 1. The number of nitrogens with two attached hydrogens (primary N) is 1. The summed E-state index contributed by atoms with van der Waals surface area (Å²) in [5, 5.41) is 6.71. The van der Waals surface area contributed by atoms with E-state index in [1.165, 1.54) is 32.1 Å². The van der Waals surface area contributed by atoms with Crippen molar-refractivity contribution in [2.75, 3.05) is 18.4 Å². The van der Waals surface area contributed by atoms with Crippen molar-refractivity contribution in [2.24, 2.45) is 17.6 Å². The molecule has 4 rings (SSSR count). The number of anilines is 1. The van der Waals surface area contributed by atoms with Crippen molar-refractivity contribution in [3.63, 3.8) is 0 Å². The van der Waals surface area contributed by atoms with Crippen LogP contribution < -0.4 is 16.4 Å². The molecule has 0 radical (unpaired) electrons. The number of amides is 3. The maximum atomic E-state index is 13.0. The first-order valence-electron chi connectivity index (χ1n) is 12.4. The average molecular weight is 483 g/mol. The summed E-state index contributed by atoms with van der Waals surface area (Å²) in [5.74, 6) is -0.657. The molecule has 1 saturated heterocycles. The van der Waals surface area contributed by atoms with E-state index in [4.69, 9.17) is 17.3 Å². The molecule has 3 atom stereocenters. The minimum atomic E-state index is -0.336. The highest BCUT2D eigenvalue weighted by Gasteiger charge is 2.39. The second kappa shape index (κ2) is 11.7. The number of hydrogen-bond acceptors (Lipinski definition) is 3. The summed E-state index contributed by atoms with van der Waals surface area (Å²) in [7, 11) is 0. The summed E-state index contributed by atoms with van der Waals surface area (Å²) in [6.45, 7) is 1.67. The molecule has 2 unspecified atom stereocenters. The van der Waals surface area contributed by atoms with Gasteiger partial charge < -0.3 is 16.4 Å². The predicted octanol–water partition coefficient (Wildman–Crippen LogP) is 4.83. The minimum absolute atomic E-state index is 0.0199. The number of benzene rings is 2. The molecular formula is C27H35ClN4O2. The molecule has 3 amide bonds. The lowest BCUT2D eigenvalue weighted by atomic mass is 9.76. The molecule has 0 spiro atoms. The predicted molar refractivity (Wildman–Crippen MR) is 137 cm³/mol. The fraction of sp³-hybridized carbons (Fsp3) is 0.481. The second-order valence-electron chi connectivity index (χ2n) is 9.65. The van der Waals surface area contributed by atoms with E-state index in [0.717, 1.165) is 25.1 Å². The van der Waals surface area contributed by atoms with Crippen LogP contribution in [0.1, 0.15) is 44.1 Å². The van der Waals surface area contributed by atoms with Gasteiger partial charge in [0.25, 0.3) is 0 Å². The zero-order valence-electron chi connectivity index (χ0n) is 19.6. The summed E-state index contributed by atoms with van der Waals surface area (Å²) in [4.78, 5) is 28.1. The fourth-order valence-electron chi connectivity index (χ4n) is 5.61. The van der Waals surface area contributed by atoms with Crippen molar-refractivity contribution in [1.29, 1.82) is 0 Å². The standard InChI is InChI=1S/C27H35ClN4O2/c28-20-11-13-21(14-12-20)30-27(34)31-25-18-32(22-9-5-2-6-10-22)16-15-23(25)24(26(29)33)17-19-7-3-1-4-8-19/h1,3-4,7-8,11-14,22-25H,2,5-6,9-10,15-18H2,(H2,29,33)(H2,30,31,34)/t23?,24-,25?/m0/s1. The quantitative estimate of drug-likeness (QED) is 0.528. The molecular weight excluding hydrogens is 448 g/mol. The van der Waals surface area contributed by atoms with Gasteiger partial charge in [-0.15, -0.1) is 0 Å². The van der Waals surface area contributed by atoms with Crippen molar-refractivity contribution in [3.8, 4) is 0 Å². The Morgan fingerprint density at radius 3 is 2.38 bits per heavy atom. The third-order valence-electron chi connectivity index (χ3n) is 7.39. The third-order valence-corrected chi connectivity index (χ3v) is 7.64. The molecule has 6 nitrogen and oxygen atoms in total. The van der Waals surface area contributed by atoms with Crippen molar-refractivity contribution in [1.82, 2.24) is 10.2 Å². The molecule has 34 heavy (non-hydrogen) atoms. The van der Waals surface area contributed by atoms with Crippen LogP contribution in [0, 0.1) is 11.8 Å². The fourth-order valence-corrected chi connectivity index (χ4v) is 5.73. The normalized spacial score (nSPS) is 22.6. The van der Waals surface area contributed by atoms with Crippen LogP contribution in [0.2, 0.25) is 5.02 Å². The van der Waals surface area contributed by atoms with Crippen LogP contribution in [0.4, 0.5) is 10.5 Å². The average Bonchev–Trinajstić information content (AvgIpc) is 2.85. The Labute approximate surface area is 207 Å². The van der Waals surface area contributed by atoms with Crippen LogP contribution in [-0.4, -0.2) is 42.0 Å². The molecule has 1 heterocycles. The van der Waals surface area contributed by atoms with E-state index in [0.29, 0.717) is 23.2 Å². The van der Waals surface area contributed by atoms with Gasteiger partial charge in [-0.2, -0.15) is 0 Å². The van der Waals surface area contributed by atoms with E-state index in [2.05, 4.69) is 15.5 Å². The summed E-state index contributed by atoms with van der Waals surface area (Å²) in [6, 6.07) is 17.1. The molecule has 4 N–H and O–H groups in total. The summed E-state index contributed by atoms with van der Waals surface area (Å²) in [6.07, 6.45) is 7.66.